The summed E-state index contributed by atoms with van der Waals surface area (Å²) in [5, 5.41) is 6.44. The maximum absolute atomic E-state index is 12.4. The molecule has 2 aromatic carbocycles. The third kappa shape index (κ3) is 4.33. The number of aromatic amines is 1. The van der Waals surface area contributed by atoms with E-state index in [-0.39, 0.29) is 17.4 Å². The topological polar surface area (TPSA) is 78.7 Å². The largest absolute Gasteiger partial charge is 0.385 e. The second-order valence-electron chi connectivity index (χ2n) is 5.31. The molecule has 2 N–H and O–H groups in total. The van der Waals surface area contributed by atoms with Crippen LogP contribution in [0.4, 0.5) is 5.69 Å². The Bertz CT molecular complexity index is 876. The van der Waals surface area contributed by atoms with Gasteiger partial charge in [-0.05, 0) is 53.1 Å². The number of ketones is 1. The van der Waals surface area contributed by atoms with Gasteiger partial charge in [0, 0.05) is 18.2 Å². The van der Waals surface area contributed by atoms with E-state index in [4.69, 9.17) is 0 Å². The van der Waals surface area contributed by atoms with Crippen molar-refractivity contribution < 1.29 is 14.3 Å². The first kappa shape index (κ1) is 16.9. The van der Waals surface area contributed by atoms with E-state index in [1.807, 2.05) is 35.0 Å². The van der Waals surface area contributed by atoms with Crippen LogP contribution in [0.3, 0.4) is 0 Å². The maximum Gasteiger partial charge on any atom is 0.385 e. The number of H-pyrrole nitrogens is 1. The summed E-state index contributed by atoms with van der Waals surface area (Å²) in [5.74, 6) is 0.137. The fourth-order valence-electron chi connectivity index (χ4n) is 2.27. The highest BCUT2D eigenvalue weighted by Crippen LogP contribution is 2.16. The van der Waals surface area contributed by atoms with E-state index in [1.54, 1.807) is 30.6 Å². The first-order valence-electron chi connectivity index (χ1n) is 7.68. The molecular formula is C18H17N4O2S+. The first-order valence-corrected chi connectivity index (χ1v) is 8.66. The van der Waals surface area contributed by atoms with Crippen LogP contribution in [0.2, 0.25) is 0 Å². The van der Waals surface area contributed by atoms with Crippen LogP contribution in [0.25, 0.3) is 5.69 Å². The maximum atomic E-state index is 12.4. The van der Waals surface area contributed by atoms with E-state index in [1.165, 1.54) is 18.7 Å². The van der Waals surface area contributed by atoms with Gasteiger partial charge in [-0.15, -0.1) is 4.68 Å². The van der Waals surface area contributed by atoms with Crippen LogP contribution in [0.5, 0.6) is 0 Å². The van der Waals surface area contributed by atoms with Crippen molar-refractivity contribution in [1.82, 2.24) is 10.1 Å². The summed E-state index contributed by atoms with van der Waals surface area (Å²) in [6, 6.07) is 16.6. The molecule has 0 fully saturated rings. The number of rotatable bonds is 6. The number of carbonyl (C=O) groups excluding carboxylic acids is 2. The Morgan fingerprint density at radius 1 is 1.12 bits per heavy atom. The summed E-state index contributed by atoms with van der Waals surface area (Å²) < 4.78 is 1.83. The molecule has 0 spiro atoms. The van der Waals surface area contributed by atoms with Gasteiger partial charge in [-0.3, -0.25) is 9.59 Å². The number of Topliss-reactive ketones (excluding diaryl/α,β-unsaturated/α-hetero) is 1. The highest BCUT2D eigenvalue weighted by molar-refractivity contribution is 7.99. The number of para-hydroxylation sites is 1. The van der Waals surface area contributed by atoms with E-state index < -0.39 is 0 Å². The third-order valence-corrected chi connectivity index (χ3v) is 4.38. The number of hydrogen-bond acceptors (Lipinski definition) is 4. The van der Waals surface area contributed by atoms with Crippen molar-refractivity contribution in [3.8, 4) is 5.69 Å². The standard InChI is InChI=1S/C18H16N4O2S/c1-13(23)21-15-9-7-14(8-10-15)17(24)11-25-18-19-12-20-22(18)16-5-3-2-4-6-16/h2-10,12H,11H2,1H3,(H,21,23,24)/p+1. The molecule has 0 aliphatic rings. The zero-order valence-electron chi connectivity index (χ0n) is 13.6. The summed E-state index contributed by atoms with van der Waals surface area (Å²) >= 11 is 1.37. The zero-order chi connectivity index (χ0) is 17.6. The van der Waals surface area contributed by atoms with Crippen LogP contribution < -0.4 is 10.00 Å². The van der Waals surface area contributed by atoms with Crippen LogP contribution in [0, 0.1) is 0 Å². The SMILES string of the molecule is CC(=O)Nc1ccc(C(=O)CSc2nc[nH][n+]2-c2ccccc2)cc1. The van der Waals surface area contributed by atoms with E-state index in [9.17, 15) is 9.59 Å². The molecule has 25 heavy (non-hydrogen) atoms. The van der Waals surface area contributed by atoms with E-state index >= 15 is 0 Å². The molecule has 0 saturated heterocycles. The van der Waals surface area contributed by atoms with Gasteiger partial charge in [0.05, 0.1) is 5.75 Å². The number of amides is 1. The van der Waals surface area contributed by atoms with Gasteiger partial charge in [-0.25, -0.2) is 0 Å². The average molecular weight is 353 g/mol. The molecule has 3 aromatic rings. The Morgan fingerprint density at radius 3 is 2.52 bits per heavy atom. The van der Waals surface area contributed by atoms with Crippen molar-refractivity contribution in [2.75, 3.05) is 11.1 Å². The van der Waals surface area contributed by atoms with Crippen molar-refractivity contribution in [2.45, 2.75) is 12.1 Å². The molecule has 0 atom stereocenters. The number of hydrogen-bond donors (Lipinski definition) is 2. The van der Waals surface area contributed by atoms with Gasteiger partial charge in [0.2, 0.25) is 12.2 Å². The van der Waals surface area contributed by atoms with Crippen molar-refractivity contribution in [2.24, 2.45) is 0 Å². The van der Waals surface area contributed by atoms with Crippen LogP contribution in [-0.2, 0) is 4.79 Å². The molecule has 0 aliphatic heterocycles. The third-order valence-electron chi connectivity index (χ3n) is 3.43. The Kier molecular flexibility index (Phi) is 5.25. The molecule has 6 nitrogen and oxygen atoms in total. The predicted octanol–water partition coefficient (Wildman–Crippen LogP) is 2.62. The molecule has 126 valence electrons. The number of aromatic nitrogens is 3. The van der Waals surface area contributed by atoms with Crippen molar-refractivity contribution in [3.05, 3.63) is 66.5 Å². The Morgan fingerprint density at radius 2 is 1.84 bits per heavy atom. The minimum atomic E-state index is -0.140. The number of carbonyl (C=O) groups is 2. The Hall–Kier alpha value is -2.93. The second kappa shape index (κ2) is 7.76. The quantitative estimate of drug-likeness (QED) is 0.406. The predicted molar refractivity (Wildman–Crippen MR) is 95.9 cm³/mol. The summed E-state index contributed by atoms with van der Waals surface area (Å²) in [4.78, 5) is 27.7. The molecule has 0 aliphatic carbocycles. The number of anilines is 1. The van der Waals surface area contributed by atoms with Gasteiger partial charge in [0.15, 0.2) is 11.5 Å². The fraction of sp³-hybridized carbons (Fsp3) is 0.111. The average Bonchev–Trinajstić information content (AvgIpc) is 3.09. The lowest BCUT2D eigenvalue weighted by Crippen LogP contribution is -2.34. The molecular weight excluding hydrogens is 336 g/mol. The van der Waals surface area contributed by atoms with Crippen molar-refractivity contribution in [1.29, 1.82) is 0 Å². The number of nitrogens with zero attached hydrogens (tertiary/aromatic N) is 2. The number of nitrogens with one attached hydrogen (secondary N) is 2. The summed E-state index contributed by atoms with van der Waals surface area (Å²) in [7, 11) is 0. The van der Waals surface area contributed by atoms with E-state index in [2.05, 4.69) is 15.4 Å². The number of benzene rings is 2. The molecule has 3 rings (SSSR count). The molecule has 0 saturated carbocycles. The fourth-order valence-corrected chi connectivity index (χ4v) is 3.12. The van der Waals surface area contributed by atoms with Crippen molar-refractivity contribution in [3.63, 3.8) is 0 Å². The minimum Gasteiger partial charge on any atom is -0.326 e. The van der Waals surface area contributed by atoms with E-state index in [0.29, 0.717) is 11.3 Å². The summed E-state index contributed by atoms with van der Waals surface area (Å²) in [6.07, 6.45) is 1.60. The molecule has 7 heteroatoms. The molecule has 1 heterocycles. The van der Waals surface area contributed by atoms with Gasteiger partial charge < -0.3 is 5.32 Å². The Labute approximate surface area is 149 Å². The lowest BCUT2D eigenvalue weighted by Gasteiger charge is -2.03. The van der Waals surface area contributed by atoms with E-state index in [0.717, 1.165) is 10.8 Å². The van der Waals surface area contributed by atoms with Gasteiger partial charge in [0.1, 0.15) is 0 Å². The molecule has 0 radical (unpaired) electrons. The lowest BCUT2D eigenvalue weighted by molar-refractivity contribution is -0.694. The summed E-state index contributed by atoms with van der Waals surface area (Å²) in [6.45, 7) is 1.45. The minimum absolute atomic E-state index is 0.00184. The monoisotopic (exact) mass is 353 g/mol. The highest BCUT2D eigenvalue weighted by Gasteiger charge is 2.19. The van der Waals surface area contributed by atoms with Gasteiger partial charge in [-0.1, -0.05) is 18.2 Å². The van der Waals surface area contributed by atoms with Gasteiger partial charge in [0.25, 0.3) is 0 Å². The molecule has 1 aromatic heterocycles. The summed E-state index contributed by atoms with van der Waals surface area (Å²) in [5.41, 5.74) is 2.23. The molecule has 1 amide bonds. The Balaban J connectivity index is 1.65. The second-order valence-corrected chi connectivity index (χ2v) is 6.25. The molecule has 0 bridgehead atoms. The normalized spacial score (nSPS) is 10.4. The van der Waals surface area contributed by atoms with Crippen LogP contribution in [-0.4, -0.2) is 27.5 Å². The highest BCUT2D eigenvalue weighted by atomic mass is 32.2. The van der Waals surface area contributed by atoms with Crippen molar-refractivity contribution >= 4 is 29.1 Å². The molecule has 0 unspecified atom stereocenters. The van der Waals surface area contributed by atoms with Crippen LogP contribution in [0.15, 0.2) is 66.1 Å². The zero-order valence-corrected chi connectivity index (χ0v) is 14.4. The van der Waals surface area contributed by atoms with Crippen LogP contribution in [0.1, 0.15) is 17.3 Å². The van der Waals surface area contributed by atoms with Crippen LogP contribution >= 0.6 is 11.8 Å². The smallest absolute Gasteiger partial charge is 0.326 e. The number of thioether (sulfide) groups is 1. The van der Waals surface area contributed by atoms with Gasteiger partial charge >= 0.3 is 5.16 Å². The first-order chi connectivity index (χ1) is 12.1. The van der Waals surface area contributed by atoms with Gasteiger partial charge in [-0.2, -0.15) is 5.10 Å². The lowest BCUT2D eigenvalue weighted by atomic mass is 10.1.